The molecule has 1 saturated heterocycles. The van der Waals surface area contributed by atoms with Crippen molar-refractivity contribution in [2.24, 2.45) is 11.7 Å². The molecular weight excluding hydrogens is 242 g/mol. The van der Waals surface area contributed by atoms with E-state index >= 15 is 0 Å². The van der Waals surface area contributed by atoms with Crippen LogP contribution in [-0.2, 0) is 6.54 Å². The van der Waals surface area contributed by atoms with E-state index in [1.165, 1.54) is 0 Å². The molecule has 19 heavy (non-hydrogen) atoms. The van der Waals surface area contributed by atoms with Gasteiger partial charge in [-0.15, -0.1) is 0 Å². The minimum Gasteiger partial charge on any atom is -0.393 e. The van der Waals surface area contributed by atoms with Crippen LogP contribution in [0.2, 0.25) is 0 Å². The SMILES string of the molecule is CC1CN(C(=O)Nc2ccc(CN)cc2)CCC1O. The van der Waals surface area contributed by atoms with E-state index in [1.54, 1.807) is 4.90 Å². The van der Waals surface area contributed by atoms with E-state index in [1.807, 2.05) is 31.2 Å². The molecule has 5 nitrogen and oxygen atoms in total. The highest BCUT2D eigenvalue weighted by atomic mass is 16.3. The van der Waals surface area contributed by atoms with Crippen LogP contribution < -0.4 is 11.1 Å². The number of nitrogens with two attached hydrogens (primary N) is 1. The van der Waals surface area contributed by atoms with Gasteiger partial charge in [0.2, 0.25) is 0 Å². The Balaban J connectivity index is 1.93. The van der Waals surface area contributed by atoms with Gasteiger partial charge in [-0.1, -0.05) is 19.1 Å². The van der Waals surface area contributed by atoms with Crippen molar-refractivity contribution in [1.29, 1.82) is 0 Å². The number of aliphatic hydroxyl groups is 1. The third-order valence-corrected chi connectivity index (χ3v) is 3.59. The van der Waals surface area contributed by atoms with Gasteiger partial charge in [0.25, 0.3) is 0 Å². The Morgan fingerprint density at radius 1 is 1.47 bits per heavy atom. The highest BCUT2D eigenvalue weighted by molar-refractivity contribution is 5.89. The minimum atomic E-state index is -0.298. The molecule has 104 valence electrons. The van der Waals surface area contributed by atoms with E-state index in [4.69, 9.17) is 5.73 Å². The molecule has 1 fully saturated rings. The van der Waals surface area contributed by atoms with Gasteiger partial charge < -0.3 is 21.1 Å². The zero-order valence-corrected chi connectivity index (χ0v) is 11.2. The number of carbonyl (C=O) groups excluding carboxylic acids is 1. The summed E-state index contributed by atoms with van der Waals surface area (Å²) in [6, 6.07) is 7.39. The second-order valence-corrected chi connectivity index (χ2v) is 5.11. The molecule has 4 N–H and O–H groups in total. The monoisotopic (exact) mass is 263 g/mol. The molecule has 0 radical (unpaired) electrons. The minimum absolute atomic E-state index is 0.112. The van der Waals surface area contributed by atoms with Crippen molar-refractivity contribution in [1.82, 2.24) is 4.90 Å². The molecule has 2 rings (SSSR count). The topological polar surface area (TPSA) is 78.6 Å². The fourth-order valence-electron chi connectivity index (χ4n) is 2.24. The number of hydrogen-bond acceptors (Lipinski definition) is 3. The van der Waals surface area contributed by atoms with Gasteiger partial charge in [0.1, 0.15) is 0 Å². The summed E-state index contributed by atoms with van der Waals surface area (Å²) in [6.45, 7) is 3.64. The lowest BCUT2D eigenvalue weighted by molar-refractivity contribution is 0.0506. The van der Waals surface area contributed by atoms with Crippen LogP contribution in [0.4, 0.5) is 10.5 Å². The fraction of sp³-hybridized carbons (Fsp3) is 0.500. The molecule has 1 heterocycles. The maximum atomic E-state index is 12.1. The summed E-state index contributed by atoms with van der Waals surface area (Å²) >= 11 is 0. The van der Waals surface area contributed by atoms with E-state index < -0.39 is 0 Å². The van der Waals surface area contributed by atoms with E-state index in [0.717, 1.165) is 11.3 Å². The Morgan fingerprint density at radius 2 is 2.16 bits per heavy atom. The van der Waals surface area contributed by atoms with E-state index in [9.17, 15) is 9.90 Å². The van der Waals surface area contributed by atoms with Crippen LogP contribution in [-0.4, -0.2) is 35.2 Å². The molecule has 1 aliphatic rings. The first-order valence-corrected chi connectivity index (χ1v) is 6.63. The van der Waals surface area contributed by atoms with Crippen LogP contribution in [0.5, 0.6) is 0 Å². The van der Waals surface area contributed by atoms with Gasteiger partial charge in [0.05, 0.1) is 6.10 Å². The van der Waals surface area contributed by atoms with Crippen LogP contribution in [0.15, 0.2) is 24.3 Å². The number of piperidine rings is 1. The number of anilines is 1. The highest BCUT2D eigenvalue weighted by Gasteiger charge is 2.27. The predicted molar refractivity (Wildman–Crippen MR) is 74.7 cm³/mol. The Labute approximate surface area is 113 Å². The number of rotatable bonds is 2. The van der Waals surface area contributed by atoms with Gasteiger partial charge in [0.15, 0.2) is 0 Å². The van der Waals surface area contributed by atoms with Crippen LogP contribution in [0.3, 0.4) is 0 Å². The van der Waals surface area contributed by atoms with Crippen LogP contribution in [0.1, 0.15) is 18.9 Å². The summed E-state index contributed by atoms with van der Waals surface area (Å²) in [7, 11) is 0. The Bertz CT molecular complexity index is 433. The molecule has 2 unspecified atom stereocenters. The number of hydrogen-bond donors (Lipinski definition) is 3. The molecule has 1 aromatic rings. The quantitative estimate of drug-likeness (QED) is 0.754. The Morgan fingerprint density at radius 3 is 2.74 bits per heavy atom. The molecule has 1 aromatic carbocycles. The van der Waals surface area contributed by atoms with Crippen molar-refractivity contribution in [3.05, 3.63) is 29.8 Å². The van der Waals surface area contributed by atoms with Crippen LogP contribution in [0.25, 0.3) is 0 Å². The number of aliphatic hydroxyl groups excluding tert-OH is 1. The standard InChI is InChI=1S/C14H21N3O2/c1-10-9-17(7-6-13(10)18)14(19)16-12-4-2-11(8-15)3-5-12/h2-5,10,13,18H,6-9,15H2,1H3,(H,16,19). The average molecular weight is 263 g/mol. The van der Waals surface area contributed by atoms with Crippen molar-refractivity contribution < 1.29 is 9.90 Å². The van der Waals surface area contributed by atoms with E-state index in [2.05, 4.69) is 5.32 Å². The molecule has 0 bridgehead atoms. The van der Waals surface area contributed by atoms with Crippen molar-refractivity contribution in [2.75, 3.05) is 18.4 Å². The summed E-state index contributed by atoms with van der Waals surface area (Å²) in [5, 5.41) is 12.5. The number of likely N-dealkylation sites (tertiary alicyclic amines) is 1. The van der Waals surface area contributed by atoms with Gasteiger partial charge in [-0.2, -0.15) is 0 Å². The maximum Gasteiger partial charge on any atom is 0.321 e. The van der Waals surface area contributed by atoms with Crippen molar-refractivity contribution in [2.45, 2.75) is 26.0 Å². The summed E-state index contributed by atoms with van der Waals surface area (Å²) in [4.78, 5) is 13.8. The highest BCUT2D eigenvalue weighted by Crippen LogP contribution is 2.18. The zero-order chi connectivity index (χ0) is 13.8. The third-order valence-electron chi connectivity index (χ3n) is 3.59. The van der Waals surface area contributed by atoms with E-state index in [0.29, 0.717) is 26.1 Å². The van der Waals surface area contributed by atoms with Gasteiger partial charge in [-0.3, -0.25) is 0 Å². The summed E-state index contributed by atoms with van der Waals surface area (Å²) in [5.41, 5.74) is 7.33. The lowest BCUT2D eigenvalue weighted by Gasteiger charge is -2.34. The molecule has 2 amide bonds. The fourth-order valence-corrected chi connectivity index (χ4v) is 2.24. The Hall–Kier alpha value is -1.59. The van der Waals surface area contributed by atoms with Crippen molar-refractivity contribution >= 4 is 11.7 Å². The largest absolute Gasteiger partial charge is 0.393 e. The molecule has 5 heteroatoms. The number of carbonyl (C=O) groups is 1. The van der Waals surface area contributed by atoms with Gasteiger partial charge >= 0.3 is 6.03 Å². The van der Waals surface area contributed by atoms with Crippen LogP contribution >= 0.6 is 0 Å². The lowest BCUT2D eigenvalue weighted by atomic mass is 9.97. The summed E-state index contributed by atoms with van der Waals surface area (Å²) in [6.07, 6.45) is 0.341. The van der Waals surface area contributed by atoms with Gasteiger partial charge in [0, 0.05) is 25.3 Å². The normalized spacial score (nSPS) is 23.2. The van der Waals surface area contributed by atoms with Crippen molar-refractivity contribution in [3.63, 3.8) is 0 Å². The molecule has 0 spiro atoms. The first-order chi connectivity index (χ1) is 9.10. The molecular formula is C14H21N3O2. The first-order valence-electron chi connectivity index (χ1n) is 6.63. The van der Waals surface area contributed by atoms with Gasteiger partial charge in [-0.25, -0.2) is 4.79 Å². The third kappa shape index (κ3) is 3.45. The average Bonchev–Trinajstić information content (AvgIpc) is 2.42. The van der Waals surface area contributed by atoms with Crippen molar-refractivity contribution in [3.8, 4) is 0 Å². The Kier molecular flexibility index (Phi) is 4.39. The smallest absolute Gasteiger partial charge is 0.321 e. The predicted octanol–water partition coefficient (Wildman–Crippen LogP) is 1.38. The number of nitrogens with zero attached hydrogens (tertiary/aromatic N) is 1. The number of amides is 2. The molecule has 0 aromatic heterocycles. The first kappa shape index (κ1) is 13.8. The van der Waals surface area contributed by atoms with E-state index in [-0.39, 0.29) is 18.1 Å². The molecule has 0 saturated carbocycles. The summed E-state index contributed by atoms with van der Waals surface area (Å²) < 4.78 is 0. The number of benzene rings is 1. The molecule has 1 aliphatic heterocycles. The maximum absolute atomic E-state index is 12.1. The molecule has 2 atom stereocenters. The second kappa shape index (κ2) is 6.04. The summed E-state index contributed by atoms with van der Waals surface area (Å²) in [5.74, 6) is 0.124. The second-order valence-electron chi connectivity index (χ2n) is 5.11. The number of nitrogens with one attached hydrogen (secondary N) is 1. The zero-order valence-electron chi connectivity index (χ0n) is 11.2. The van der Waals surface area contributed by atoms with Gasteiger partial charge in [-0.05, 0) is 30.0 Å². The molecule has 0 aliphatic carbocycles. The number of urea groups is 1. The van der Waals surface area contributed by atoms with Crippen LogP contribution in [0, 0.1) is 5.92 Å². The lowest BCUT2D eigenvalue weighted by Crippen LogP contribution is -2.46.